The van der Waals surface area contributed by atoms with Gasteiger partial charge in [0.25, 0.3) is 5.56 Å². The molecule has 0 aliphatic carbocycles. The van der Waals surface area contributed by atoms with E-state index in [1.807, 2.05) is 0 Å². The van der Waals surface area contributed by atoms with E-state index in [1.54, 1.807) is 0 Å². The summed E-state index contributed by atoms with van der Waals surface area (Å²) in [5, 5.41) is 9.60. The molecule has 118 valence electrons. The summed E-state index contributed by atoms with van der Waals surface area (Å²) in [7, 11) is 0. The number of hydrogen-bond acceptors (Lipinski definition) is 4. The first-order valence-electron chi connectivity index (χ1n) is 7.46. The van der Waals surface area contributed by atoms with Gasteiger partial charge in [-0.25, -0.2) is 4.79 Å². The Bertz CT molecular complexity index is 670. The Hall–Kier alpha value is -1.84. The van der Waals surface area contributed by atoms with E-state index in [4.69, 9.17) is 11.7 Å². The molecule has 1 aromatic heterocycles. The summed E-state index contributed by atoms with van der Waals surface area (Å²) in [6.07, 6.45) is 3.06. The summed E-state index contributed by atoms with van der Waals surface area (Å²) in [4.78, 5) is 25.8. The lowest BCUT2D eigenvalue weighted by molar-refractivity contribution is 0.00330. The fraction of sp³-hybridized carbons (Fsp3) is 0.562. The summed E-state index contributed by atoms with van der Waals surface area (Å²) < 4.78 is 6.53. The largest absolute Gasteiger partial charge is 0.390 e. The number of ether oxygens (including phenoxy) is 1. The zero-order chi connectivity index (χ0) is 16.1. The van der Waals surface area contributed by atoms with Crippen LogP contribution in [0.1, 0.15) is 50.8 Å². The van der Waals surface area contributed by atoms with Crippen LogP contribution in [0.15, 0.2) is 15.8 Å². The molecule has 0 unspecified atom stereocenters. The van der Waals surface area contributed by atoms with Crippen LogP contribution >= 0.6 is 0 Å². The molecule has 22 heavy (non-hydrogen) atoms. The monoisotopic (exact) mass is 304 g/mol. The molecule has 1 saturated heterocycles. The third-order valence-corrected chi connectivity index (χ3v) is 3.54. The fourth-order valence-corrected chi connectivity index (χ4v) is 2.26. The van der Waals surface area contributed by atoms with E-state index < -0.39 is 29.7 Å². The van der Waals surface area contributed by atoms with Crippen molar-refractivity contribution in [1.82, 2.24) is 9.55 Å². The second-order valence-corrected chi connectivity index (χ2v) is 5.33. The molecular formula is C16H20N2O4. The van der Waals surface area contributed by atoms with E-state index in [9.17, 15) is 14.7 Å². The Morgan fingerprint density at radius 3 is 2.91 bits per heavy atom. The topological polar surface area (TPSA) is 84.3 Å². The minimum absolute atomic E-state index is 0.191. The van der Waals surface area contributed by atoms with Crippen molar-refractivity contribution in [1.29, 1.82) is 0 Å². The number of nitrogens with one attached hydrogen (secondary N) is 1. The summed E-state index contributed by atoms with van der Waals surface area (Å²) >= 11 is 0. The molecule has 1 fully saturated rings. The smallest absolute Gasteiger partial charge is 0.330 e. The number of unbranched alkanes of at least 4 members (excludes halogenated alkanes) is 3. The quantitative estimate of drug-likeness (QED) is 0.637. The summed E-state index contributed by atoms with van der Waals surface area (Å²) in [5.74, 6) is 5.71. The SMILES string of the molecule is [CH][C@H]1O[C@@H](n2cc(C#CCCCCC)c(=O)[nH]c2=O)C[C@H]1O. The van der Waals surface area contributed by atoms with Gasteiger partial charge in [0.2, 0.25) is 0 Å². The number of aromatic amines is 1. The van der Waals surface area contributed by atoms with Crippen molar-refractivity contribution in [2.24, 2.45) is 0 Å². The van der Waals surface area contributed by atoms with Crippen LogP contribution in [0.2, 0.25) is 0 Å². The van der Waals surface area contributed by atoms with Gasteiger partial charge < -0.3 is 9.84 Å². The number of aliphatic hydroxyl groups is 1. The van der Waals surface area contributed by atoms with Crippen molar-refractivity contribution in [2.45, 2.75) is 57.5 Å². The van der Waals surface area contributed by atoms with Gasteiger partial charge in [0, 0.05) is 19.0 Å². The zero-order valence-electron chi connectivity index (χ0n) is 12.5. The minimum atomic E-state index is -0.840. The molecule has 1 aliphatic heterocycles. The second kappa shape index (κ2) is 7.43. The van der Waals surface area contributed by atoms with E-state index in [1.165, 1.54) is 10.8 Å². The molecule has 2 radical (unpaired) electrons. The molecule has 2 heterocycles. The van der Waals surface area contributed by atoms with E-state index in [0.29, 0.717) is 6.42 Å². The molecule has 0 bridgehead atoms. The van der Waals surface area contributed by atoms with Crippen LogP contribution in [-0.2, 0) is 4.74 Å². The summed E-state index contributed by atoms with van der Waals surface area (Å²) in [6.45, 7) is 7.67. The Morgan fingerprint density at radius 1 is 1.50 bits per heavy atom. The Kier molecular flexibility index (Phi) is 5.58. The van der Waals surface area contributed by atoms with Crippen molar-refractivity contribution in [2.75, 3.05) is 0 Å². The van der Waals surface area contributed by atoms with Crippen LogP contribution in [0.3, 0.4) is 0 Å². The highest BCUT2D eigenvalue weighted by atomic mass is 16.5. The number of aliphatic hydroxyl groups excluding tert-OH is 1. The first kappa shape index (κ1) is 16.5. The molecule has 0 saturated carbocycles. The highest BCUT2D eigenvalue weighted by molar-refractivity contribution is 5.29. The summed E-state index contributed by atoms with van der Waals surface area (Å²) in [5.41, 5.74) is -0.922. The van der Waals surface area contributed by atoms with E-state index >= 15 is 0 Å². The van der Waals surface area contributed by atoms with E-state index in [0.717, 1.165) is 19.3 Å². The van der Waals surface area contributed by atoms with Crippen LogP contribution < -0.4 is 11.2 Å². The van der Waals surface area contributed by atoms with Gasteiger partial charge >= 0.3 is 5.69 Å². The standard InChI is InChI=1S/C16H20N2O4/c1-3-4-5-6-7-8-12-10-18(16(21)17-15(12)20)14-9-13(19)11(2)22-14/h2,10-11,13-14,19H,3-6,9H2,1H3,(H,17,20,21)/t11-,13-,14-/m1/s1. The van der Waals surface area contributed by atoms with Crippen molar-refractivity contribution < 1.29 is 9.84 Å². The van der Waals surface area contributed by atoms with Gasteiger partial charge in [-0.05, 0) is 13.3 Å². The lowest BCUT2D eigenvalue weighted by Gasteiger charge is -2.13. The van der Waals surface area contributed by atoms with Crippen LogP contribution in [-0.4, -0.2) is 26.9 Å². The van der Waals surface area contributed by atoms with Gasteiger partial charge in [-0.2, -0.15) is 0 Å². The first-order valence-corrected chi connectivity index (χ1v) is 7.46. The first-order chi connectivity index (χ1) is 10.5. The Balaban J connectivity index is 2.20. The number of aromatic nitrogens is 2. The lowest BCUT2D eigenvalue weighted by Crippen LogP contribution is -2.33. The minimum Gasteiger partial charge on any atom is -0.390 e. The van der Waals surface area contributed by atoms with Crippen molar-refractivity contribution >= 4 is 0 Å². The van der Waals surface area contributed by atoms with Crippen molar-refractivity contribution in [3.8, 4) is 11.8 Å². The van der Waals surface area contributed by atoms with Crippen LogP contribution in [0.4, 0.5) is 0 Å². The van der Waals surface area contributed by atoms with E-state index in [2.05, 4.69) is 23.7 Å². The molecule has 1 aromatic rings. The van der Waals surface area contributed by atoms with Crippen LogP contribution in [0.5, 0.6) is 0 Å². The fourth-order valence-electron chi connectivity index (χ4n) is 2.26. The summed E-state index contributed by atoms with van der Waals surface area (Å²) in [6, 6.07) is 0. The number of rotatable bonds is 4. The van der Waals surface area contributed by atoms with E-state index in [-0.39, 0.29) is 12.0 Å². The average molecular weight is 304 g/mol. The molecule has 2 rings (SSSR count). The van der Waals surface area contributed by atoms with Crippen molar-refractivity contribution in [3.63, 3.8) is 0 Å². The predicted octanol–water partition coefficient (Wildman–Crippen LogP) is 0.828. The van der Waals surface area contributed by atoms with Crippen LogP contribution in [0.25, 0.3) is 0 Å². The predicted molar refractivity (Wildman–Crippen MR) is 81.2 cm³/mol. The molecule has 1 aliphatic rings. The van der Waals surface area contributed by atoms with Gasteiger partial charge in [-0.15, -0.1) is 0 Å². The zero-order valence-corrected chi connectivity index (χ0v) is 12.5. The normalized spacial score (nSPS) is 24.0. The lowest BCUT2D eigenvalue weighted by atomic mass is 10.2. The third kappa shape index (κ3) is 3.87. The molecular weight excluding hydrogens is 284 g/mol. The highest BCUT2D eigenvalue weighted by Crippen LogP contribution is 2.26. The maximum absolute atomic E-state index is 11.9. The Labute approximate surface area is 129 Å². The number of hydrogen-bond donors (Lipinski definition) is 2. The third-order valence-electron chi connectivity index (χ3n) is 3.54. The highest BCUT2D eigenvalue weighted by Gasteiger charge is 2.32. The van der Waals surface area contributed by atoms with Gasteiger partial charge in [-0.3, -0.25) is 14.3 Å². The molecule has 0 aromatic carbocycles. The molecule has 6 nitrogen and oxygen atoms in total. The Morgan fingerprint density at radius 2 is 2.27 bits per heavy atom. The second-order valence-electron chi connectivity index (χ2n) is 5.33. The molecule has 0 spiro atoms. The van der Waals surface area contributed by atoms with Crippen LogP contribution in [0, 0.1) is 18.8 Å². The van der Waals surface area contributed by atoms with Crippen molar-refractivity contribution in [3.05, 3.63) is 39.5 Å². The molecule has 3 atom stereocenters. The average Bonchev–Trinajstić information content (AvgIpc) is 2.80. The number of nitrogens with zero attached hydrogens (tertiary/aromatic N) is 1. The molecule has 6 heteroatoms. The molecule has 0 amide bonds. The number of H-pyrrole nitrogens is 1. The van der Waals surface area contributed by atoms with Gasteiger partial charge in [0.15, 0.2) is 0 Å². The van der Waals surface area contributed by atoms with Gasteiger partial charge in [-0.1, -0.05) is 31.6 Å². The van der Waals surface area contributed by atoms with Gasteiger partial charge in [0.1, 0.15) is 11.8 Å². The van der Waals surface area contributed by atoms with Gasteiger partial charge in [0.05, 0.1) is 12.2 Å². The maximum Gasteiger partial charge on any atom is 0.330 e. The maximum atomic E-state index is 11.9. The molecule has 2 N–H and O–H groups in total.